The molecule has 8 fully saturated rings. The van der Waals surface area contributed by atoms with Gasteiger partial charge in [-0.1, -0.05) is 233 Å². The van der Waals surface area contributed by atoms with Crippen molar-refractivity contribution in [2.75, 3.05) is 104 Å². The number of aliphatic hydroxyl groups is 2. The van der Waals surface area contributed by atoms with Gasteiger partial charge in [-0.25, -0.2) is 0 Å². The fourth-order valence-corrected chi connectivity index (χ4v) is 15.6. The minimum atomic E-state index is -1.42. The molecule has 0 amide bonds. The van der Waals surface area contributed by atoms with E-state index in [0.29, 0.717) is 95.3 Å². The lowest BCUT2D eigenvalue weighted by Crippen LogP contribution is -2.65. The van der Waals surface area contributed by atoms with E-state index in [-0.39, 0.29) is 60.0 Å². The molecule has 24 nitrogen and oxygen atoms in total. The molecule has 8 saturated heterocycles. The third-order valence-corrected chi connectivity index (χ3v) is 22.1. The van der Waals surface area contributed by atoms with E-state index in [1.807, 2.05) is 177 Å². The molecule has 0 saturated carbocycles. The summed E-state index contributed by atoms with van der Waals surface area (Å²) in [7, 11) is 0. The van der Waals surface area contributed by atoms with Crippen LogP contribution in [0.1, 0.15) is 95.8 Å². The van der Waals surface area contributed by atoms with Crippen LogP contribution in [-0.2, 0) is 94.7 Å². The Morgan fingerprint density at radius 1 is 0.333 bits per heavy atom. The number of ether oxygens (including phenoxy) is 20. The molecule has 8 heterocycles. The van der Waals surface area contributed by atoms with Crippen molar-refractivity contribution in [1.82, 2.24) is 0 Å². The Bertz CT molecular complexity index is 3370. The summed E-state index contributed by atoms with van der Waals surface area (Å²) in [6.45, 7) is 13.1. The summed E-state index contributed by atoms with van der Waals surface area (Å²) in [6, 6.07) is 57.3. The van der Waals surface area contributed by atoms with Crippen LogP contribution < -0.4 is 0 Å². The highest BCUT2D eigenvalue weighted by Crippen LogP contribution is 2.45. The molecule has 108 heavy (non-hydrogen) atoms. The van der Waals surface area contributed by atoms with Gasteiger partial charge in [-0.3, -0.25) is 9.59 Å². The maximum absolute atomic E-state index is 12.2. The van der Waals surface area contributed by atoms with Gasteiger partial charge in [0, 0.05) is 62.6 Å². The standard InChI is InChI=1S/C42H52O11S.C40H48O13S/c1-27-28(2)40(50-33-25-47-41(51-35(27)33)31-15-9-5-10-16-31)52-36-29(3)39(49-34-26-48-42(53-37(34)36)32-17-11-6-12-18-32)46-22-21-44-19-20-45-23-24-54-38(43)30-13-7-4-8-14-30;1-25-33(51-40-32(42)31(41)34-29(50-40)23-47-38(52-34)27-13-7-3-8-14-27)35-30(24-48-39(53-35)28-15-9-4-10-16-28)49-37(25)46-20-19-44-17-18-45-21-22-54-36(43)26-11-5-2-6-12-26/h4-18,27-29,33-37,39-42H,19-26H2,1-3H3;2-16,25,29-35,37-42H,17-24H2,1H3/t27-,28?,29?,33?,34?,35-,36-,37+,39-,40-,41?,42?;25?,29?,30?,31-,32?,33-,34+,35+,37-,38?,39?,40-/m11/s1. The Kier molecular flexibility index (Phi) is 30.4. The van der Waals surface area contributed by atoms with E-state index in [1.54, 1.807) is 12.1 Å². The highest BCUT2D eigenvalue weighted by atomic mass is 32.2. The van der Waals surface area contributed by atoms with Crippen molar-refractivity contribution in [3.05, 3.63) is 215 Å². The molecule has 2 N–H and O–H groups in total. The van der Waals surface area contributed by atoms with Gasteiger partial charge in [0.2, 0.25) is 10.2 Å². The van der Waals surface area contributed by atoms with E-state index in [9.17, 15) is 19.8 Å². The van der Waals surface area contributed by atoms with Gasteiger partial charge < -0.3 is 105 Å². The van der Waals surface area contributed by atoms with E-state index >= 15 is 0 Å². The number of benzene rings is 6. The maximum atomic E-state index is 12.2. The van der Waals surface area contributed by atoms with Crippen LogP contribution in [0.4, 0.5) is 0 Å². The predicted octanol–water partition coefficient (Wildman–Crippen LogP) is 10.6. The molecule has 0 spiro atoms. The Hall–Kier alpha value is -5.52. The van der Waals surface area contributed by atoms with Crippen molar-refractivity contribution >= 4 is 33.8 Å². The second-order valence-electron chi connectivity index (χ2n) is 27.7. The molecule has 0 aromatic heterocycles. The molecule has 6 aromatic carbocycles. The topological polar surface area (TPSA) is 259 Å². The average Bonchev–Trinajstić information content (AvgIpc) is 0.768. The van der Waals surface area contributed by atoms with Crippen molar-refractivity contribution in [1.29, 1.82) is 0 Å². The number of aliphatic hydroxyl groups excluding tert-OH is 2. The molecule has 26 heteroatoms. The summed E-state index contributed by atoms with van der Waals surface area (Å²) < 4.78 is 124. The minimum absolute atomic E-state index is 0.0207. The van der Waals surface area contributed by atoms with Crippen molar-refractivity contribution in [2.45, 2.75) is 151 Å². The second kappa shape index (κ2) is 40.8. The first-order chi connectivity index (χ1) is 52.9. The van der Waals surface area contributed by atoms with E-state index in [1.165, 1.54) is 23.5 Å². The van der Waals surface area contributed by atoms with Gasteiger partial charge >= 0.3 is 0 Å². The molecule has 584 valence electrons. The molecule has 6 aromatic rings. The summed E-state index contributed by atoms with van der Waals surface area (Å²) in [6.07, 6.45) is -13.1. The SMILES string of the molecule is CC1[C@@H](O[C@@H]2C(C)[C@H](OCCOCCOCCSC(=O)c3ccccc3)OC3COC(c4ccccc4)O[C@@H]32)OC2COC(c3ccccc3)O[C@@H]2[C@@H]1C.CC1[C@H](OCCOCCOCCSC(=O)c2ccccc2)OC2COC(c3ccccc3)O[C@@H]2[C@@H]1O[C@H]1OC2COC(c3ccccc3)O[C@@H]2[C@H](O)C1O. The number of carbonyl (C=O) groups is 2. The first kappa shape index (κ1) is 80.5. The number of hydrogen-bond acceptors (Lipinski definition) is 26. The first-order valence-corrected chi connectivity index (χ1v) is 39.4. The van der Waals surface area contributed by atoms with Gasteiger partial charge in [-0.2, -0.15) is 0 Å². The zero-order chi connectivity index (χ0) is 74.6. The summed E-state index contributed by atoms with van der Waals surface area (Å²) in [5.41, 5.74) is 4.95. The highest BCUT2D eigenvalue weighted by molar-refractivity contribution is 8.14. The van der Waals surface area contributed by atoms with Gasteiger partial charge in [0.1, 0.15) is 54.9 Å². The molecule has 14 rings (SSSR count). The number of hydrogen-bond donors (Lipinski definition) is 2. The van der Waals surface area contributed by atoms with E-state index < -0.39 is 117 Å². The molecule has 0 bridgehead atoms. The van der Waals surface area contributed by atoms with Gasteiger partial charge in [0.05, 0.1) is 111 Å². The van der Waals surface area contributed by atoms with Crippen molar-refractivity contribution < 1.29 is 115 Å². The van der Waals surface area contributed by atoms with E-state index in [2.05, 4.69) is 20.8 Å². The fraction of sp³-hybridized carbons (Fsp3) is 0.537. The molecule has 8 aliphatic heterocycles. The van der Waals surface area contributed by atoms with Crippen LogP contribution in [0.25, 0.3) is 0 Å². The third kappa shape index (κ3) is 21.2. The third-order valence-electron chi connectivity index (χ3n) is 20.3. The molecular weight excluding hydrogens is 1430 g/mol. The summed E-state index contributed by atoms with van der Waals surface area (Å²) in [5.74, 6) is 0.707. The largest absolute Gasteiger partial charge is 0.387 e. The predicted molar refractivity (Wildman–Crippen MR) is 395 cm³/mol. The van der Waals surface area contributed by atoms with Crippen molar-refractivity contribution in [2.24, 2.45) is 23.7 Å². The van der Waals surface area contributed by atoms with Crippen LogP contribution >= 0.6 is 23.5 Å². The van der Waals surface area contributed by atoms with E-state index in [0.717, 1.165) is 22.3 Å². The number of carbonyl (C=O) groups excluding carboxylic acids is 2. The van der Waals surface area contributed by atoms with Crippen LogP contribution in [0, 0.1) is 23.7 Å². The molecule has 8 aliphatic rings. The lowest BCUT2D eigenvalue weighted by molar-refractivity contribution is -0.399. The Morgan fingerprint density at radius 2 is 0.639 bits per heavy atom. The van der Waals surface area contributed by atoms with Crippen LogP contribution in [-0.4, -0.2) is 223 Å². The lowest BCUT2D eigenvalue weighted by atomic mass is 9.83. The number of thioether (sulfide) groups is 2. The van der Waals surface area contributed by atoms with Crippen molar-refractivity contribution in [3.63, 3.8) is 0 Å². The van der Waals surface area contributed by atoms with Crippen LogP contribution in [0.2, 0.25) is 0 Å². The normalized spacial score (nSPS) is 33.8. The highest BCUT2D eigenvalue weighted by Gasteiger charge is 2.56. The van der Waals surface area contributed by atoms with Crippen LogP contribution in [0.3, 0.4) is 0 Å². The zero-order valence-electron chi connectivity index (χ0n) is 61.2. The first-order valence-electron chi connectivity index (χ1n) is 37.5. The summed E-state index contributed by atoms with van der Waals surface area (Å²) >= 11 is 2.48. The molecule has 0 aliphatic carbocycles. The van der Waals surface area contributed by atoms with Crippen LogP contribution in [0.15, 0.2) is 182 Å². The minimum Gasteiger partial charge on any atom is -0.387 e. The molecular formula is C82H100O24S2. The zero-order valence-corrected chi connectivity index (χ0v) is 62.8. The Labute approximate surface area is 639 Å². The van der Waals surface area contributed by atoms with Crippen molar-refractivity contribution in [3.8, 4) is 0 Å². The number of rotatable bonds is 30. The van der Waals surface area contributed by atoms with Crippen LogP contribution in [0.5, 0.6) is 0 Å². The average molecular weight is 1530 g/mol. The van der Waals surface area contributed by atoms with Gasteiger partial charge in [0.25, 0.3) is 0 Å². The Balaban J connectivity index is 0.000000190. The quantitative estimate of drug-likeness (QED) is 0.0397. The van der Waals surface area contributed by atoms with Gasteiger partial charge in [-0.05, 0) is 5.92 Å². The van der Waals surface area contributed by atoms with E-state index in [4.69, 9.17) is 94.7 Å². The van der Waals surface area contributed by atoms with Gasteiger partial charge in [0.15, 0.2) is 50.3 Å². The van der Waals surface area contributed by atoms with Gasteiger partial charge in [-0.15, -0.1) is 0 Å². The Morgan fingerprint density at radius 3 is 1.04 bits per heavy atom. The molecule has 0 radical (unpaired) electrons. The molecule has 24 atom stereocenters. The monoisotopic (exact) mass is 1530 g/mol. The lowest BCUT2D eigenvalue weighted by Gasteiger charge is -2.52. The second-order valence-corrected chi connectivity index (χ2v) is 29.8. The number of fused-ring (bicyclic) bond motifs is 4. The summed E-state index contributed by atoms with van der Waals surface area (Å²) in [4.78, 5) is 24.4. The maximum Gasteiger partial charge on any atom is 0.219 e. The summed E-state index contributed by atoms with van der Waals surface area (Å²) in [5, 5.41) is 22.6. The smallest absolute Gasteiger partial charge is 0.219 e. The molecule has 12 unspecified atom stereocenters. The fourth-order valence-electron chi connectivity index (χ4n) is 14.2.